The predicted molar refractivity (Wildman–Crippen MR) is 131 cm³/mol. The van der Waals surface area contributed by atoms with E-state index in [-0.39, 0.29) is 17.9 Å². The van der Waals surface area contributed by atoms with E-state index in [4.69, 9.17) is 17.3 Å². The summed E-state index contributed by atoms with van der Waals surface area (Å²) in [7, 11) is 1.61. The second-order valence-corrected chi connectivity index (χ2v) is 8.40. The average molecular weight is 462 g/mol. The van der Waals surface area contributed by atoms with Gasteiger partial charge in [-0.25, -0.2) is 9.79 Å². The molecule has 168 valence electrons. The number of hydrogen-bond donors (Lipinski definition) is 3. The van der Waals surface area contributed by atoms with Crippen LogP contribution in [0.4, 0.5) is 10.5 Å². The highest BCUT2D eigenvalue weighted by molar-refractivity contribution is 6.30. The normalized spacial score (nSPS) is 17.6. The Morgan fingerprint density at radius 1 is 1.09 bits per heavy atom. The Labute approximate surface area is 197 Å². The van der Waals surface area contributed by atoms with Gasteiger partial charge < -0.3 is 16.4 Å². The zero-order valence-electron chi connectivity index (χ0n) is 18.3. The summed E-state index contributed by atoms with van der Waals surface area (Å²) in [4.78, 5) is 30.9. The molecule has 33 heavy (non-hydrogen) atoms. The molecule has 0 spiro atoms. The van der Waals surface area contributed by atoms with E-state index in [9.17, 15) is 9.59 Å². The zero-order valence-corrected chi connectivity index (χ0v) is 19.1. The van der Waals surface area contributed by atoms with Crippen molar-refractivity contribution in [2.24, 2.45) is 10.7 Å². The van der Waals surface area contributed by atoms with E-state index in [2.05, 4.69) is 15.6 Å². The Bertz CT molecular complexity index is 1240. The first-order valence-electron chi connectivity index (χ1n) is 10.4. The van der Waals surface area contributed by atoms with Crippen LogP contribution in [0.15, 0.2) is 77.8 Å². The lowest BCUT2D eigenvalue weighted by molar-refractivity contribution is -0.130. The second-order valence-electron chi connectivity index (χ2n) is 7.96. The quantitative estimate of drug-likeness (QED) is 0.527. The molecule has 3 aromatic carbocycles. The van der Waals surface area contributed by atoms with Crippen molar-refractivity contribution >= 4 is 35.2 Å². The van der Waals surface area contributed by atoms with Crippen molar-refractivity contribution in [3.8, 4) is 11.1 Å². The molecular weight excluding hydrogens is 438 g/mol. The van der Waals surface area contributed by atoms with E-state index in [1.807, 2.05) is 66.7 Å². The Morgan fingerprint density at radius 3 is 2.55 bits per heavy atom. The van der Waals surface area contributed by atoms with E-state index in [0.29, 0.717) is 17.3 Å². The number of likely N-dealkylation sites (N-methyl/N-ethyl adjacent to an activating group) is 1. The van der Waals surface area contributed by atoms with Crippen LogP contribution in [-0.2, 0) is 16.9 Å². The van der Waals surface area contributed by atoms with Crippen molar-refractivity contribution in [2.75, 3.05) is 12.4 Å². The molecule has 0 aliphatic carbocycles. The van der Waals surface area contributed by atoms with Crippen molar-refractivity contribution in [3.63, 3.8) is 0 Å². The number of guanidine groups is 1. The summed E-state index contributed by atoms with van der Waals surface area (Å²) in [5, 5.41) is 6.25. The summed E-state index contributed by atoms with van der Waals surface area (Å²) in [6, 6.07) is 22.0. The summed E-state index contributed by atoms with van der Waals surface area (Å²) in [6.45, 7) is 2.04. The Morgan fingerprint density at radius 2 is 1.85 bits per heavy atom. The van der Waals surface area contributed by atoms with Crippen LogP contribution in [0.3, 0.4) is 0 Å². The standard InChI is InChI=1S/C25H24ClN5O2/c1-25(22(32)31(2)23(27)30-25)18-8-6-7-16(13-18)21-14-19(26)12-11-17(21)15-28-24(33)29-20-9-4-3-5-10-20/h3-14H,15H2,1-2H3,(H2,27,30)(H2,28,29,33). The zero-order chi connectivity index (χ0) is 23.6. The van der Waals surface area contributed by atoms with Crippen LogP contribution in [0.5, 0.6) is 0 Å². The maximum Gasteiger partial charge on any atom is 0.319 e. The molecule has 7 nitrogen and oxygen atoms in total. The Kier molecular flexibility index (Phi) is 6.07. The highest BCUT2D eigenvalue weighted by atomic mass is 35.5. The van der Waals surface area contributed by atoms with E-state index in [0.717, 1.165) is 22.3 Å². The smallest absolute Gasteiger partial charge is 0.319 e. The summed E-state index contributed by atoms with van der Waals surface area (Å²) in [5.74, 6) is -0.00677. The largest absolute Gasteiger partial charge is 0.369 e. The van der Waals surface area contributed by atoms with E-state index < -0.39 is 5.54 Å². The van der Waals surface area contributed by atoms with Crippen LogP contribution in [0.1, 0.15) is 18.1 Å². The number of aliphatic imine (C=N–C) groups is 1. The van der Waals surface area contributed by atoms with Gasteiger partial charge in [0.25, 0.3) is 5.91 Å². The van der Waals surface area contributed by atoms with Gasteiger partial charge in [0, 0.05) is 24.3 Å². The number of nitrogens with one attached hydrogen (secondary N) is 2. The third-order valence-corrected chi connectivity index (χ3v) is 5.92. The average Bonchev–Trinajstić information content (AvgIpc) is 3.02. The van der Waals surface area contributed by atoms with Gasteiger partial charge >= 0.3 is 6.03 Å². The summed E-state index contributed by atoms with van der Waals surface area (Å²) in [5.41, 5.74) is 8.80. The van der Waals surface area contributed by atoms with Crippen molar-refractivity contribution < 1.29 is 9.59 Å². The van der Waals surface area contributed by atoms with Gasteiger partial charge in [-0.15, -0.1) is 0 Å². The molecule has 0 radical (unpaired) electrons. The van der Waals surface area contributed by atoms with Gasteiger partial charge in [0.2, 0.25) is 0 Å². The molecular formula is C25H24ClN5O2. The molecule has 0 fully saturated rings. The number of nitrogens with zero attached hydrogens (tertiary/aromatic N) is 2. The Balaban J connectivity index is 1.60. The topological polar surface area (TPSA) is 99.8 Å². The van der Waals surface area contributed by atoms with Crippen LogP contribution in [0.25, 0.3) is 11.1 Å². The highest BCUT2D eigenvalue weighted by Crippen LogP contribution is 2.35. The molecule has 1 aliphatic rings. The number of carbonyl (C=O) groups excluding carboxylic acids is 2. The molecule has 1 atom stereocenters. The lowest BCUT2D eigenvalue weighted by atomic mass is 9.89. The molecule has 1 aliphatic heterocycles. The predicted octanol–water partition coefficient (Wildman–Crippen LogP) is 4.33. The fraction of sp³-hybridized carbons (Fsp3) is 0.160. The van der Waals surface area contributed by atoms with Crippen molar-refractivity contribution in [3.05, 3.63) is 88.9 Å². The molecule has 3 aromatic rings. The maximum absolute atomic E-state index is 12.8. The fourth-order valence-corrected chi connectivity index (χ4v) is 3.98. The number of halogens is 1. The molecule has 0 bridgehead atoms. The molecule has 0 saturated carbocycles. The van der Waals surface area contributed by atoms with Crippen molar-refractivity contribution in [1.82, 2.24) is 10.2 Å². The maximum atomic E-state index is 12.8. The van der Waals surface area contributed by atoms with E-state index in [1.54, 1.807) is 20.0 Å². The SMILES string of the molecule is CN1C(=O)C(C)(c2cccc(-c3cc(Cl)ccc3CNC(=O)Nc3ccccc3)c2)N=C1N. The number of amides is 3. The van der Waals surface area contributed by atoms with Crippen molar-refractivity contribution in [1.29, 1.82) is 0 Å². The first-order valence-corrected chi connectivity index (χ1v) is 10.8. The number of para-hydroxylation sites is 1. The molecule has 4 rings (SSSR count). The first-order chi connectivity index (χ1) is 15.8. The summed E-state index contributed by atoms with van der Waals surface area (Å²) < 4.78 is 0. The number of benzene rings is 3. The molecule has 4 N–H and O–H groups in total. The van der Waals surface area contributed by atoms with Gasteiger partial charge in [-0.2, -0.15) is 0 Å². The molecule has 3 amide bonds. The number of hydrogen-bond acceptors (Lipinski definition) is 4. The van der Waals surface area contributed by atoms with Gasteiger partial charge in [0.1, 0.15) is 0 Å². The molecule has 0 aromatic heterocycles. The minimum Gasteiger partial charge on any atom is -0.369 e. The number of rotatable bonds is 5. The lowest BCUT2D eigenvalue weighted by Gasteiger charge is -2.21. The van der Waals surface area contributed by atoms with Gasteiger partial charge in [-0.1, -0.05) is 54.1 Å². The van der Waals surface area contributed by atoms with Gasteiger partial charge in [-0.3, -0.25) is 9.69 Å². The minimum atomic E-state index is -1.10. The first kappa shape index (κ1) is 22.4. The highest BCUT2D eigenvalue weighted by Gasteiger charge is 2.43. The summed E-state index contributed by atoms with van der Waals surface area (Å²) >= 11 is 6.29. The third kappa shape index (κ3) is 4.54. The van der Waals surface area contributed by atoms with Crippen molar-refractivity contribution in [2.45, 2.75) is 19.0 Å². The van der Waals surface area contributed by atoms with Crippen LogP contribution in [0.2, 0.25) is 5.02 Å². The van der Waals surface area contributed by atoms with Gasteiger partial charge in [-0.05, 0) is 59.5 Å². The molecule has 1 unspecified atom stereocenters. The fourth-order valence-electron chi connectivity index (χ4n) is 3.80. The van der Waals surface area contributed by atoms with Crippen LogP contribution >= 0.6 is 11.6 Å². The molecule has 1 heterocycles. The Hall–Kier alpha value is -3.84. The van der Waals surface area contributed by atoms with Crippen LogP contribution in [-0.4, -0.2) is 29.8 Å². The minimum absolute atomic E-state index is 0.185. The number of carbonyl (C=O) groups is 2. The van der Waals surface area contributed by atoms with Crippen LogP contribution in [0, 0.1) is 0 Å². The van der Waals surface area contributed by atoms with Gasteiger partial charge in [0.05, 0.1) is 0 Å². The summed E-state index contributed by atoms with van der Waals surface area (Å²) in [6.07, 6.45) is 0. The molecule has 8 heteroatoms. The van der Waals surface area contributed by atoms with Gasteiger partial charge in [0.15, 0.2) is 11.5 Å². The number of nitrogens with two attached hydrogens (primary N) is 1. The van der Waals surface area contributed by atoms with E-state index >= 15 is 0 Å². The second kappa shape index (κ2) is 8.96. The number of urea groups is 1. The lowest BCUT2D eigenvalue weighted by Crippen LogP contribution is -2.38. The van der Waals surface area contributed by atoms with E-state index in [1.165, 1.54) is 4.90 Å². The number of anilines is 1. The molecule has 0 saturated heterocycles. The third-order valence-electron chi connectivity index (χ3n) is 5.68. The monoisotopic (exact) mass is 461 g/mol. The van der Waals surface area contributed by atoms with Crippen LogP contribution < -0.4 is 16.4 Å².